The van der Waals surface area contributed by atoms with E-state index in [-0.39, 0.29) is 17.6 Å². The molecule has 2 aromatic carbocycles. The second-order valence-corrected chi connectivity index (χ2v) is 8.71. The van der Waals surface area contributed by atoms with Crippen LogP contribution in [-0.4, -0.2) is 75.1 Å². The molecule has 5 rings (SSSR count). The van der Waals surface area contributed by atoms with Gasteiger partial charge in [-0.25, -0.2) is 9.07 Å². The summed E-state index contributed by atoms with van der Waals surface area (Å²) in [4.78, 5) is 32.0. The number of hydrogen-bond acceptors (Lipinski definition) is 4. The van der Waals surface area contributed by atoms with Gasteiger partial charge in [-0.2, -0.15) is 5.10 Å². The summed E-state index contributed by atoms with van der Waals surface area (Å²) in [5, 5.41) is 4.38. The normalized spacial score (nSPS) is 21.4. The second-order valence-electron chi connectivity index (χ2n) is 8.71. The molecule has 2 saturated heterocycles. The SMILES string of the molecule is CN1C(=O)[C@H]2CN(Cc3cnn(-c4ccc(F)cc4)c3)CCN2C(=O)[C@@H]1Cc1ccccc1. The molecule has 2 aliphatic heterocycles. The Kier molecular flexibility index (Phi) is 5.68. The number of piperazine rings is 2. The molecule has 0 spiro atoms. The molecule has 2 atom stereocenters. The van der Waals surface area contributed by atoms with Gasteiger partial charge < -0.3 is 9.80 Å². The highest BCUT2D eigenvalue weighted by molar-refractivity contribution is 5.97. The first kappa shape index (κ1) is 21.3. The van der Waals surface area contributed by atoms with Crippen molar-refractivity contribution in [2.75, 3.05) is 26.7 Å². The van der Waals surface area contributed by atoms with E-state index in [2.05, 4.69) is 10.00 Å². The number of rotatable bonds is 5. The van der Waals surface area contributed by atoms with Crippen LogP contribution < -0.4 is 0 Å². The van der Waals surface area contributed by atoms with Gasteiger partial charge in [0.15, 0.2) is 0 Å². The van der Waals surface area contributed by atoms with Gasteiger partial charge >= 0.3 is 0 Å². The van der Waals surface area contributed by atoms with Crippen molar-refractivity contribution in [1.29, 1.82) is 0 Å². The van der Waals surface area contributed by atoms with Gasteiger partial charge in [0.1, 0.15) is 17.9 Å². The first-order valence-corrected chi connectivity index (χ1v) is 11.1. The van der Waals surface area contributed by atoms with Gasteiger partial charge in [0.05, 0.1) is 11.9 Å². The minimum Gasteiger partial charge on any atom is -0.332 e. The molecule has 0 N–H and O–H groups in total. The first-order valence-electron chi connectivity index (χ1n) is 11.1. The monoisotopic (exact) mass is 447 g/mol. The molecular weight excluding hydrogens is 421 g/mol. The lowest BCUT2D eigenvalue weighted by Crippen LogP contribution is -2.69. The summed E-state index contributed by atoms with van der Waals surface area (Å²) in [5.41, 5.74) is 2.83. The van der Waals surface area contributed by atoms with Gasteiger partial charge in [-0.05, 0) is 29.8 Å². The van der Waals surface area contributed by atoms with E-state index in [9.17, 15) is 14.0 Å². The maximum atomic E-state index is 13.2. The summed E-state index contributed by atoms with van der Waals surface area (Å²) in [6.45, 7) is 2.35. The fourth-order valence-corrected chi connectivity index (χ4v) is 4.70. The molecule has 0 aliphatic carbocycles. The average Bonchev–Trinajstić information content (AvgIpc) is 3.30. The Balaban J connectivity index is 1.25. The summed E-state index contributed by atoms with van der Waals surface area (Å²) in [7, 11) is 1.73. The maximum absolute atomic E-state index is 13.2. The molecule has 7 nitrogen and oxygen atoms in total. The Morgan fingerprint density at radius 1 is 0.970 bits per heavy atom. The molecule has 8 heteroatoms. The van der Waals surface area contributed by atoms with Crippen molar-refractivity contribution in [1.82, 2.24) is 24.5 Å². The molecule has 2 aliphatic rings. The van der Waals surface area contributed by atoms with Crippen molar-refractivity contribution in [3.8, 4) is 5.69 Å². The lowest BCUT2D eigenvalue weighted by atomic mass is 9.97. The number of fused-ring (bicyclic) bond motifs is 1. The van der Waals surface area contributed by atoms with Gasteiger partial charge in [0.2, 0.25) is 11.8 Å². The number of benzene rings is 2. The molecule has 0 radical (unpaired) electrons. The highest BCUT2D eigenvalue weighted by Gasteiger charge is 2.46. The minimum atomic E-state index is -0.463. The van der Waals surface area contributed by atoms with Crippen molar-refractivity contribution >= 4 is 11.8 Å². The van der Waals surface area contributed by atoms with E-state index in [0.717, 1.165) is 16.8 Å². The average molecular weight is 448 g/mol. The summed E-state index contributed by atoms with van der Waals surface area (Å²) < 4.78 is 14.9. The smallest absolute Gasteiger partial charge is 0.247 e. The zero-order valence-electron chi connectivity index (χ0n) is 18.5. The first-order chi connectivity index (χ1) is 16.0. The fraction of sp³-hybridized carbons (Fsp3) is 0.320. The van der Waals surface area contributed by atoms with Gasteiger partial charge in [-0.1, -0.05) is 30.3 Å². The van der Waals surface area contributed by atoms with Crippen molar-refractivity contribution in [2.24, 2.45) is 0 Å². The standard InChI is InChI=1S/C25H26FN5O2/c1-28-22(13-18-5-3-2-4-6-18)25(33)30-12-11-29(17-23(30)24(28)32)15-19-14-27-31(16-19)21-9-7-20(26)8-10-21/h2-10,14,16,22-23H,11-13,15,17H2,1H3/t22-,23+/m0/s1. The molecule has 33 heavy (non-hydrogen) atoms. The van der Waals surface area contributed by atoms with Crippen molar-refractivity contribution < 1.29 is 14.0 Å². The Morgan fingerprint density at radius 2 is 1.73 bits per heavy atom. The molecule has 3 heterocycles. The topological polar surface area (TPSA) is 61.7 Å². The summed E-state index contributed by atoms with van der Waals surface area (Å²) >= 11 is 0. The summed E-state index contributed by atoms with van der Waals surface area (Å²) in [5.74, 6) is -0.274. The van der Waals surface area contributed by atoms with Crippen LogP contribution in [0.1, 0.15) is 11.1 Å². The Labute approximate surface area is 192 Å². The van der Waals surface area contributed by atoms with Crippen LogP contribution in [0.3, 0.4) is 0 Å². The molecule has 0 bridgehead atoms. The third kappa shape index (κ3) is 4.26. The molecule has 0 unspecified atom stereocenters. The van der Waals surface area contributed by atoms with Gasteiger partial charge in [-0.15, -0.1) is 0 Å². The van der Waals surface area contributed by atoms with Crippen LogP contribution >= 0.6 is 0 Å². The number of nitrogens with zero attached hydrogens (tertiary/aromatic N) is 5. The van der Waals surface area contributed by atoms with E-state index in [1.54, 1.807) is 39.9 Å². The molecule has 0 saturated carbocycles. The van der Waals surface area contributed by atoms with Gasteiger partial charge in [-0.3, -0.25) is 14.5 Å². The second kappa shape index (κ2) is 8.78. The zero-order valence-corrected chi connectivity index (χ0v) is 18.5. The van der Waals surface area contributed by atoms with Crippen molar-refractivity contribution in [3.63, 3.8) is 0 Å². The number of carbonyl (C=O) groups excluding carboxylic acids is 2. The van der Waals surface area contributed by atoms with Crippen molar-refractivity contribution in [2.45, 2.75) is 25.0 Å². The van der Waals surface area contributed by atoms with E-state index in [1.165, 1.54) is 12.1 Å². The van der Waals surface area contributed by atoms with Crippen LogP contribution in [0.4, 0.5) is 4.39 Å². The molecule has 1 aromatic heterocycles. The largest absolute Gasteiger partial charge is 0.332 e. The Bertz CT molecular complexity index is 1150. The van der Waals surface area contributed by atoms with E-state index < -0.39 is 12.1 Å². The number of likely N-dealkylation sites (N-methyl/N-ethyl adjacent to an activating group) is 1. The number of amides is 2. The lowest BCUT2D eigenvalue weighted by molar-refractivity contribution is -0.164. The summed E-state index contributed by atoms with van der Waals surface area (Å²) in [6.07, 6.45) is 4.22. The highest BCUT2D eigenvalue weighted by Crippen LogP contribution is 2.24. The van der Waals surface area contributed by atoms with Crippen LogP contribution in [0.2, 0.25) is 0 Å². The van der Waals surface area contributed by atoms with Crippen LogP contribution in [-0.2, 0) is 22.6 Å². The van der Waals surface area contributed by atoms with Crippen LogP contribution in [0, 0.1) is 5.82 Å². The molecule has 2 fully saturated rings. The third-order valence-corrected chi connectivity index (χ3v) is 6.54. The minimum absolute atomic E-state index is 0.0118. The Hall–Kier alpha value is -3.52. The molecule has 2 amide bonds. The number of halogens is 1. The maximum Gasteiger partial charge on any atom is 0.247 e. The lowest BCUT2D eigenvalue weighted by Gasteiger charge is -2.48. The van der Waals surface area contributed by atoms with Crippen LogP contribution in [0.5, 0.6) is 0 Å². The Morgan fingerprint density at radius 3 is 2.48 bits per heavy atom. The van der Waals surface area contributed by atoms with E-state index in [1.807, 2.05) is 36.5 Å². The van der Waals surface area contributed by atoms with E-state index >= 15 is 0 Å². The molecule has 3 aromatic rings. The van der Waals surface area contributed by atoms with Gasteiger partial charge in [0, 0.05) is 51.4 Å². The van der Waals surface area contributed by atoms with E-state index in [4.69, 9.17) is 0 Å². The highest BCUT2D eigenvalue weighted by atomic mass is 19.1. The van der Waals surface area contributed by atoms with Crippen molar-refractivity contribution in [3.05, 3.63) is 83.9 Å². The zero-order chi connectivity index (χ0) is 22.9. The van der Waals surface area contributed by atoms with Crippen LogP contribution in [0.15, 0.2) is 67.0 Å². The number of carbonyl (C=O) groups is 2. The predicted molar refractivity (Wildman–Crippen MR) is 121 cm³/mol. The molecule has 170 valence electrons. The number of aromatic nitrogens is 2. The molecular formula is C25H26FN5O2. The predicted octanol–water partition coefficient (Wildman–Crippen LogP) is 2.11. The fourth-order valence-electron chi connectivity index (χ4n) is 4.70. The summed E-state index contributed by atoms with van der Waals surface area (Å²) in [6, 6.07) is 15.1. The quantitative estimate of drug-likeness (QED) is 0.601. The number of hydrogen-bond donors (Lipinski definition) is 0. The van der Waals surface area contributed by atoms with Gasteiger partial charge in [0.25, 0.3) is 0 Å². The van der Waals surface area contributed by atoms with E-state index in [0.29, 0.717) is 32.6 Å². The third-order valence-electron chi connectivity index (χ3n) is 6.54. The van der Waals surface area contributed by atoms with Crippen LogP contribution in [0.25, 0.3) is 5.69 Å².